The van der Waals surface area contributed by atoms with Crippen molar-refractivity contribution < 1.29 is 9.59 Å². The largest absolute Gasteiger partial charge is 0.305 e. The van der Waals surface area contributed by atoms with E-state index in [1.807, 2.05) is 37.3 Å². The third-order valence-corrected chi connectivity index (χ3v) is 4.94. The minimum Gasteiger partial charge on any atom is -0.305 e. The summed E-state index contributed by atoms with van der Waals surface area (Å²) in [4.78, 5) is 25.4. The van der Waals surface area contributed by atoms with Crippen LogP contribution in [0.15, 0.2) is 65.9 Å². The van der Waals surface area contributed by atoms with E-state index in [4.69, 9.17) is 11.6 Å². The summed E-state index contributed by atoms with van der Waals surface area (Å²) in [6.07, 6.45) is 0.427. The van der Waals surface area contributed by atoms with Crippen LogP contribution in [0.25, 0.3) is 0 Å². The molecule has 1 fully saturated rings. The number of carbonyl (C=O) groups excluding carboxylic acids is 2. The highest BCUT2D eigenvalue weighted by atomic mass is 35.5. The first-order valence-electron chi connectivity index (χ1n) is 8.79. The Labute approximate surface area is 164 Å². The van der Waals surface area contributed by atoms with Gasteiger partial charge in [-0.25, -0.2) is 0 Å². The summed E-state index contributed by atoms with van der Waals surface area (Å²) in [6.45, 7) is 3.84. The molecule has 1 saturated heterocycles. The van der Waals surface area contributed by atoms with Gasteiger partial charge in [-0.1, -0.05) is 41.9 Å². The third kappa shape index (κ3) is 4.96. The molecule has 5 nitrogen and oxygen atoms in total. The molecule has 2 aromatic rings. The normalized spacial score (nSPS) is 18.8. The van der Waals surface area contributed by atoms with Gasteiger partial charge < -0.3 is 10.9 Å². The fourth-order valence-electron chi connectivity index (χ4n) is 3.25. The van der Waals surface area contributed by atoms with E-state index in [1.54, 1.807) is 12.1 Å². The van der Waals surface area contributed by atoms with E-state index < -0.39 is 5.92 Å². The number of hydrogen-bond acceptors (Lipinski definition) is 5. The van der Waals surface area contributed by atoms with Gasteiger partial charge in [0.2, 0.25) is 5.78 Å². The van der Waals surface area contributed by atoms with E-state index in [9.17, 15) is 9.59 Å². The molecule has 1 heterocycles. The van der Waals surface area contributed by atoms with Crippen LogP contribution in [-0.4, -0.2) is 30.1 Å². The van der Waals surface area contributed by atoms with E-state index in [0.717, 1.165) is 23.5 Å². The molecule has 1 unspecified atom stereocenters. The van der Waals surface area contributed by atoms with Crippen LogP contribution in [0.2, 0.25) is 5.02 Å². The topological polar surface area (TPSA) is 61.4 Å². The molecule has 0 saturated carbocycles. The third-order valence-electron chi connectivity index (χ3n) is 4.68. The molecule has 0 spiro atoms. The Morgan fingerprint density at radius 3 is 2.56 bits per heavy atom. The van der Waals surface area contributed by atoms with Gasteiger partial charge >= 0.3 is 0 Å². The van der Waals surface area contributed by atoms with Crippen molar-refractivity contribution in [1.29, 1.82) is 0 Å². The minimum absolute atomic E-state index is 0.381. The average molecular weight is 384 g/mol. The van der Waals surface area contributed by atoms with Crippen LogP contribution >= 0.6 is 11.6 Å². The van der Waals surface area contributed by atoms with Crippen LogP contribution in [0.5, 0.6) is 0 Å². The van der Waals surface area contributed by atoms with Crippen LogP contribution in [0.3, 0.4) is 0 Å². The highest BCUT2D eigenvalue weighted by molar-refractivity contribution is 6.30. The summed E-state index contributed by atoms with van der Waals surface area (Å²) in [5, 5.41) is 0.666. The van der Waals surface area contributed by atoms with Gasteiger partial charge in [-0.05, 0) is 42.3 Å². The van der Waals surface area contributed by atoms with Gasteiger partial charge in [-0.15, -0.1) is 0 Å². The lowest BCUT2D eigenvalue weighted by atomic mass is 9.97. The maximum Gasteiger partial charge on any atom is 0.203 e. The lowest BCUT2D eigenvalue weighted by Crippen LogP contribution is -2.25. The van der Waals surface area contributed by atoms with Gasteiger partial charge in [0, 0.05) is 30.4 Å². The number of carbonyl (C=O) groups is 2. The van der Waals surface area contributed by atoms with Crippen molar-refractivity contribution in [2.24, 2.45) is 5.92 Å². The predicted octanol–water partition coefficient (Wildman–Crippen LogP) is 3.43. The highest BCUT2D eigenvalue weighted by Gasteiger charge is 2.33. The molecule has 3 rings (SSSR count). The van der Waals surface area contributed by atoms with Gasteiger partial charge in [-0.2, -0.15) is 0 Å². The average Bonchev–Trinajstić information content (AvgIpc) is 3.11. The van der Waals surface area contributed by atoms with Crippen molar-refractivity contribution in [3.8, 4) is 0 Å². The standard InChI is InChI=1S/C21H22ClN3O2/c1-15(23-24-18-9-7-17(22)8-10-18)19-12-25(13-20(19)21(27)14-26)11-16-5-3-2-4-6-16/h2-10,14,20,23-24H,11-13H2,1H3. The van der Waals surface area contributed by atoms with Crippen LogP contribution in [0.1, 0.15) is 12.5 Å². The maximum atomic E-state index is 12.1. The lowest BCUT2D eigenvalue weighted by molar-refractivity contribution is -0.131. The van der Waals surface area contributed by atoms with Gasteiger partial charge in [0.15, 0.2) is 6.29 Å². The van der Waals surface area contributed by atoms with Gasteiger partial charge in [0.25, 0.3) is 0 Å². The second kappa shape index (κ2) is 8.84. The van der Waals surface area contributed by atoms with Crippen LogP contribution in [0.4, 0.5) is 5.69 Å². The van der Waals surface area contributed by atoms with Gasteiger partial charge in [-0.3, -0.25) is 14.5 Å². The molecule has 2 N–H and O–H groups in total. The summed E-state index contributed by atoms with van der Waals surface area (Å²) in [5.41, 5.74) is 10.1. The summed E-state index contributed by atoms with van der Waals surface area (Å²) < 4.78 is 0. The molecule has 0 aromatic heterocycles. The van der Waals surface area contributed by atoms with E-state index in [0.29, 0.717) is 24.4 Å². The number of benzene rings is 2. The first kappa shape index (κ1) is 19.1. The van der Waals surface area contributed by atoms with E-state index >= 15 is 0 Å². The Kier molecular flexibility index (Phi) is 6.27. The van der Waals surface area contributed by atoms with E-state index in [-0.39, 0.29) is 5.78 Å². The number of anilines is 1. The zero-order chi connectivity index (χ0) is 19.2. The van der Waals surface area contributed by atoms with Gasteiger partial charge in [0.05, 0.1) is 11.6 Å². The molecular formula is C21H22ClN3O2. The maximum absolute atomic E-state index is 12.1. The second-order valence-electron chi connectivity index (χ2n) is 6.64. The zero-order valence-corrected chi connectivity index (χ0v) is 15.9. The molecule has 140 valence electrons. The summed E-state index contributed by atoms with van der Waals surface area (Å²) in [5.74, 6) is -0.793. The van der Waals surface area contributed by atoms with Crippen LogP contribution in [-0.2, 0) is 16.1 Å². The molecule has 6 heteroatoms. The van der Waals surface area contributed by atoms with Crippen molar-refractivity contribution >= 4 is 29.4 Å². The molecule has 2 aromatic carbocycles. The van der Waals surface area contributed by atoms with E-state index in [1.165, 1.54) is 5.56 Å². The highest BCUT2D eigenvalue weighted by Crippen LogP contribution is 2.27. The number of rotatable bonds is 7. The first-order valence-corrected chi connectivity index (χ1v) is 9.17. The molecule has 0 radical (unpaired) electrons. The number of aldehydes is 1. The Balaban J connectivity index is 1.72. The molecule has 1 atom stereocenters. The SMILES string of the molecule is CC(NNc1ccc(Cl)cc1)=C1CN(Cc2ccccc2)CC1C(=O)C=O. The number of nitrogens with zero attached hydrogens (tertiary/aromatic N) is 1. The molecule has 0 bridgehead atoms. The van der Waals surface area contributed by atoms with Crippen molar-refractivity contribution in [1.82, 2.24) is 10.3 Å². The zero-order valence-electron chi connectivity index (χ0n) is 15.1. The Morgan fingerprint density at radius 1 is 1.19 bits per heavy atom. The molecule has 27 heavy (non-hydrogen) atoms. The molecule has 0 aliphatic carbocycles. The fourth-order valence-corrected chi connectivity index (χ4v) is 3.38. The van der Waals surface area contributed by atoms with Crippen molar-refractivity contribution in [2.45, 2.75) is 13.5 Å². The van der Waals surface area contributed by atoms with Crippen LogP contribution < -0.4 is 10.9 Å². The quantitative estimate of drug-likeness (QED) is 0.435. The monoisotopic (exact) mass is 383 g/mol. The Morgan fingerprint density at radius 2 is 1.89 bits per heavy atom. The van der Waals surface area contributed by atoms with Crippen molar-refractivity contribution in [2.75, 3.05) is 18.5 Å². The Hall–Kier alpha value is -2.63. The number of hydrazine groups is 1. The number of Topliss-reactive ketones (excluding diaryl/α,β-unsaturated/α-hetero) is 1. The molecular weight excluding hydrogens is 362 g/mol. The number of hydrogen-bond donors (Lipinski definition) is 2. The molecule has 0 amide bonds. The summed E-state index contributed by atoms with van der Waals surface area (Å²) >= 11 is 5.90. The summed E-state index contributed by atoms with van der Waals surface area (Å²) in [6, 6.07) is 17.4. The van der Waals surface area contributed by atoms with Crippen molar-refractivity contribution in [3.63, 3.8) is 0 Å². The number of ketones is 1. The lowest BCUT2D eigenvalue weighted by Gasteiger charge is -2.15. The molecule has 1 aliphatic rings. The van der Waals surface area contributed by atoms with Crippen LogP contribution in [0, 0.1) is 5.92 Å². The number of likely N-dealkylation sites (tertiary alicyclic amines) is 1. The fraction of sp³-hybridized carbons (Fsp3) is 0.238. The minimum atomic E-state index is -0.411. The predicted molar refractivity (Wildman–Crippen MR) is 107 cm³/mol. The summed E-state index contributed by atoms with van der Waals surface area (Å²) in [7, 11) is 0. The second-order valence-corrected chi connectivity index (χ2v) is 7.07. The molecule has 1 aliphatic heterocycles. The van der Waals surface area contributed by atoms with Gasteiger partial charge in [0.1, 0.15) is 0 Å². The van der Waals surface area contributed by atoms with Crippen molar-refractivity contribution in [3.05, 3.63) is 76.5 Å². The smallest absolute Gasteiger partial charge is 0.203 e. The Bertz CT molecular complexity index is 834. The number of allylic oxidation sites excluding steroid dienone is 1. The first-order chi connectivity index (χ1) is 13.1. The van der Waals surface area contributed by atoms with E-state index in [2.05, 4.69) is 27.9 Å². The number of nitrogens with one attached hydrogen (secondary N) is 2. The number of halogens is 1.